The molecule has 5 nitrogen and oxygen atoms in total. The highest BCUT2D eigenvalue weighted by Gasteiger charge is 2.27. The predicted molar refractivity (Wildman–Crippen MR) is 81.5 cm³/mol. The Balaban J connectivity index is 1.75. The van der Waals surface area contributed by atoms with Crippen LogP contribution in [0.3, 0.4) is 0 Å². The summed E-state index contributed by atoms with van der Waals surface area (Å²) in [4.78, 5) is 1.27. The fraction of sp³-hybridized carbons (Fsp3) is 0.429. The molecule has 0 aliphatic heterocycles. The number of hydrogen-bond acceptors (Lipinski definition) is 5. The molecule has 1 fully saturated rings. The van der Waals surface area contributed by atoms with Crippen LogP contribution in [0.1, 0.15) is 23.5 Å². The lowest BCUT2D eigenvalue weighted by Gasteiger charge is -2.16. The number of nitrogens with zero attached hydrogens (tertiary/aromatic N) is 1. The van der Waals surface area contributed by atoms with E-state index < -0.39 is 10.0 Å². The Bertz CT molecular complexity index is 688. The molecule has 1 aliphatic carbocycles. The van der Waals surface area contributed by atoms with Crippen molar-refractivity contribution in [3.63, 3.8) is 0 Å². The minimum atomic E-state index is -3.49. The molecule has 114 valence electrons. The van der Waals surface area contributed by atoms with Gasteiger partial charge in [-0.05, 0) is 36.4 Å². The summed E-state index contributed by atoms with van der Waals surface area (Å²) in [5, 5.41) is 5.20. The molecule has 2 aromatic heterocycles. The van der Waals surface area contributed by atoms with Crippen LogP contribution in [0.5, 0.6) is 0 Å². The van der Waals surface area contributed by atoms with Gasteiger partial charge >= 0.3 is 0 Å². The average molecular weight is 326 g/mol. The molecular weight excluding hydrogens is 308 g/mol. The van der Waals surface area contributed by atoms with Gasteiger partial charge in [0.25, 0.3) is 0 Å². The third-order valence-corrected chi connectivity index (χ3v) is 6.42. The van der Waals surface area contributed by atoms with E-state index in [1.807, 2.05) is 5.38 Å². The number of thiophene rings is 1. The number of nitrogens with one attached hydrogen (secondary N) is 1. The lowest BCUT2D eigenvalue weighted by atomic mass is 10.4. The van der Waals surface area contributed by atoms with Crippen molar-refractivity contribution in [3.05, 3.63) is 40.5 Å². The molecule has 0 bridgehead atoms. The van der Waals surface area contributed by atoms with Gasteiger partial charge in [-0.2, -0.15) is 4.31 Å². The zero-order valence-corrected chi connectivity index (χ0v) is 13.4. The average Bonchev–Trinajstić information content (AvgIpc) is 2.93. The Morgan fingerprint density at radius 1 is 1.43 bits per heavy atom. The van der Waals surface area contributed by atoms with Crippen LogP contribution in [0.25, 0.3) is 0 Å². The molecule has 0 atom stereocenters. The van der Waals surface area contributed by atoms with Gasteiger partial charge in [-0.1, -0.05) is 0 Å². The maximum absolute atomic E-state index is 12.7. The lowest BCUT2D eigenvalue weighted by molar-refractivity contribution is 0.406. The summed E-state index contributed by atoms with van der Waals surface area (Å²) >= 11 is 1.48. The molecule has 0 radical (unpaired) electrons. The van der Waals surface area contributed by atoms with E-state index in [1.165, 1.54) is 28.5 Å². The minimum Gasteiger partial charge on any atom is -0.468 e. The van der Waals surface area contributed by atoms with Crippen LogP contribution >= 0.6 is 11.3 Å². The first-order chi connectivity index (χ1) is 10.1. The Morgan fingerprint density at radius 3 is 2.90 bits per heavy atom. The van der Waals surface area contributed by atoms with Crippen LogP contribution in [0, 0.1) is 0 Å². The molecule has 0 aromatic carbocycles. The van der Waals surface area contributed by atoms with E-state index in [-0.39, 0.29) is 6.54 Å². The highest BCUT2D eigenvalue weighted by Crippen LogP contribution is 2.27. The Kier molecular flexibility index (Phi) is 4.17. The maximum Gasteiger partial charge on any atom is 0.244 e. The molecule has 7 heteroatoms. The van der Waals surface area contributed by atoms with Crippen molar-refractivity contribution in [3.8, 4) is 0 Å². The molecular formula is C14H18N2O3S2. The summed E-state index contributed by atoms with van der Waals surface area (Å²) in [6.45, 7) is 0.853. The van der Waals surface area contributed by atoms with Crippen molar-refractivity contribution in [2.75, 3.05) is 7.05 Å². The molecule has 0 spiro atoms. The summed E-state index contributed by atoms with van der Waals surface area (Å²) in [7, 11) is -1.91. The molecule has 0 amide bonds. The molecule has 1 aliphatic rings. The van der Waals surface area contributed by atoms with E-state index in [1.54, 1.807) is 31.5 Å². The summed E-state index contributed by atoms with van der Waals surface area (Å²) in [6.07, 6.45) is 3.92. The van der Waals surface area contributed by atoms with E-state index in [2.05, 4.69) is 5.32 Å². The molecule has 1 N–H and O–H groups in total. The van der Waals surface area contributed by atoms with Crippen LogP contribution in [0.4, 0.5) is 0 Å². The van der Waals surface area contributed by atoms with Crippen LogP contribution < -0.4 is 5.32 Å². The monoisotopic (exact) mass is 326 g/mol. The number of hydrogen-bond donors (Lipinski definition) is 1. The molecule has 0 saturated heterocycles. The second-order valence-electron chi connectivity index (χ2n) is 5.20. The largest absolute Gasteiger partial charge is 0.468 e. The van der Waals surface area contributed by atoms with Gasteiger partial charge in [0.1, 0.15) is 5.76 Å². The Morgan fingerprint density at radius 2 is 2.24 bits per heavy atom. The first-order valence-electron chi connectivity index (χ1n) is 6.86. The fourth-order valence-electron chi connectivity index (χ4n) is 2.09. The second-order valence-corrected chi connectivity index (χ2v) is 8.22. The molecule has 1 saturated carbocycles. The maximum atomic E-state index is 12.7. The van der Waals surface area contributed by atoms with Crippen LogP contribution in [0.15, 0.2) is 39.2 Å². The van der Waals surface area contributed by atoms with Crippen molar-refractivity contribution in [1.29, 1.82) is 0 Å². The third-order valence-electron chi connectivity index (χ3n) is 3.48. The van der Waals surface area contributed by atoms with E-state index in [0.29, 0.717) is 23.2 Å². The fourth-order valence-corrected chi connectivity index (χ4v) is 4.59. The van der Waals surface area contributed by atoms with Crippen LogP contribution in [0.2, 0.25) is 0 Å². The topological polar surface area (TPSA) is 62.6 Å². The van der Waals surface area contributed by atoms with E-state index in [0.717, 1.165) is 4.88 Å². The summed E-state index contributed by atoms with van der Waals surface area (Å²) in [6, 6.07) is 5.77. The standard InChI is InChI=1S/C14H18N2O3S2/c1-16(10-12-3-2-7-19-12)21(17,18)14-6-8-20-13(14)9-15-11-4-5-11/h2-3,6-8,11,15H,4-5,9-10H2,1H3. The highest BCUT2D eigenvalue weighted by molar-refractivity contribution is 7.89. The quantitative estimate of drug-likeness (QED) is 0.849. The zero-order valence-electron chi connectivity index (χ0n) is 11.8. The smallest absolute Gasteiger partial charge is 0.244 e. The third kappa shape index (κ3) is 3.37. The van der Waals surface area contributed by atoms with Crippen molar-refractivity contribution in [2.24, 2.45) is 0 Å². The van der Waals surface area contributed by atoms with Crippen molar-refractivity contribution in [1.82, 2.24) is 9.62 Å². The Hall–Kier alpha value is -1.15. The van der Waals surface area contributed by atoms with Crippen LogP contribution in [-0.4, -0.2) is 25.8 Å². The molecule has 21 heavy (non-hydrogen) atoms. The molecule has 2 aromatic rings. The highest BCUT2D eigenvalue weighted by atomic mass is 32.2. The normalized spacial score (nSPS) is 15.7. The number of rotatable bonds is 7. The Labute approximate surface area is 128 Å². The molecule has 0 unspecified atom stereocenters. The number of sulfonamides is 1. The molecule has 3 rings (SSSR count). The van der Waals surface area contributed by atoms with E-state index >= 15 is 0 Å². The summed E-state index contributed by atoms with van der Waals surface area (Å²) in [5.74, 6) is 0.633. The van der Waals surface area contributed by atoms with Gasteiger partial charge in [0, 0.05) is 24.5 Å². The van der Waals surface area contributed by atoms with E-state index in [4.69, 9.17) is 4.42 Å². The van der Waals surface area contributed by atoms with Crippen molar-refractivity contribution in [2.45, 2.75) is 36.9 Å². The second kappa shape index (κ2) is 5.92. The first kappa shape index (κ1) is 14.8. The SMILES string of the molecule is CN(Cc1ccco1)S(=O)(=O)c1ccsc1CNC1CC1. The van der Waals surface area contributed by atoms with Crippen molar-refractivity contribution < 1.29 is 12.8 Å². The first-order valence-corrected chi connectivity index (χ1v) is 9.18. The summed E-state index contributed by atoms with van der Waals surface area (Å²) in [5.41, 5.74) is 0. The summed E-state index contributed by atoms with van der Waals surface area (Å²) < 4.78 is 31.9. The van der Waals surface area contributed by atoms with Gasteiger partial charge in [0.15, 0.2) is 0 Å². The van der Waals surface area contributed by atoms with Gasteiger partial charge in [-0.15, -0.1) is 11.3 Å². The van der Waals surface area contributed by atoms with Crippen molar-refractivity contribution >= 4 is 21.4 Å². The number of furan rings is 1. The lowest BCUT2D eigenvalue weighted by Crippen LogP contribution is -2.27. The van der Waals surface area contributed by atoms with E-state index in [9.17, 15) is 8.42 Å². The predicted octanol–water partition coefficient (Wildman–Crippen LogP) is 2.41. The minimum absolute atomic E-state index is 0.237. The van der Waals surface area contributed by atoms with Gasteiger partial charge in [-0.3, -0.25) is 0 Å². The molecule has 2 heterocycles. The zero-order chi connectivity index (χ0) is 14.9. The van der Waals surface area contributed by atoms with Gasteiger partial charge in [0.05, 0.1) is 17.7 Å². The van der Waals surface area contributed by atoms with Gasteiger partial charge < -0.3 is 9.73 Å². The van der Waals surface area contributed by atoms with Crippen LogP contribution in [-0.2, 0) is 23.1 Å². The van der Waals surface area contributed by atoms with Gasteiger partial charge in [-0.25, -0.2) is 8.42 Å². The van der Waals surface area contributed by atoms with Gasteiger partial charge in [0.2, 0.25) is 10.0 Å².